The van der Waals surface area contributed by atoms with Crippen LogP contribution < -0.4 is 0 Å². The Balaban J connectivity index is 3.22. The van der Waals surface area contributed by atoms with Gasteiger partial charge in [-0.05, 0) is 17.8 Å². The fourth-order valence-electron chi connectivity index (χ4n) is 2.56. The molecule has 0 saturated carbocycles. The van der Waals surface area contributed by atoms with Crippen LogP contribution in [0.4, 0.5) is 0 Å². The highest BCUT2D eigenvalue weighted by Gasteiger charge is 2.03. The number of hydrogen-bond donors (Lipinski definition) is 0. The zero-order chi connectivity index (χ0) is 13.8. The van der Waals surface area contributed by atoms with Crippen LogP contribution in [-0.2, 0) is 0 Å². The van der Waals surface area contributed by atoms with Crippen molar-refractivity contribution in [3.63, 3.8) is 0 Å². The molecule has 0 heteroatoms. The van der Waals surface area contributed by atoms with E-state index < -0.39 is 0 Å². The summed E-state index contributed by atoms with van der Waals surface area (Å²) in [5.74, 6) is 2.79. The number of rotatable bonds is 12. The summed E-state index contributed by atoms with van der Waals surface area (Å²) >= 11 is 0. The van der Waals surface area contributed by atoms with Crippen LogP contribution in [0.3, 0.4) is 0 Å². The summed E-state index contributed by atoms with van der Waals surface area (Å²) in [6.45, 7) is 11.8. The first-order chi connectivity index (χ1) is 8.56. The lowest BCUT2D eigenvalue weighted by molar-refractivity contribution is 0.412. The highest BCUT2D eigenvalue weighted by Crippen LogP contribution is 2.19. The molecule has 0 amide bonds. The Hall–Kier alpha value is 0. The molecule has 0 radical (unpaired) electrons. The molecule has 110 valence electrons. The zero-order valence-electron chi connectivity index (χ0n) is 13.8. The Bertz CT molecular complexity index is 159. The first kappa shape index (κ1) is 18.0. The van der Waals surface area contributed by atoms with E-state index in [0.717, 1.165) is 17.8 Å². The summed E-state index contributed by atoms with van der Waals surface area (Å²) in [6.07, 6.45) is 14.4. The minimum Gasteiger partial charge on any atom is -0.0651 e. The quantitative estimate of drug-likeness (QED) is 0.335. The van der Waals surface area contributed by atoms with Crippen LogP contribution in [0.15, 0.2) is 0 Å². The Morgan fingerprint density at radius 3 is 1.56 bits per heavy atom. The summed E-state index contributed by atoms with van der Waals surface area (Å²) in [5, 5.41) is 0. The molecule has 0 bridgehead atoms. The maximum atomic E-state index is 2.44. The van der Waals surface area contributed by atoms with Crippen molar-refractivity contribution in [2.75, 3.05) is 0 Å². The summed E-state index contributed by atoms with van der Waals surface area (Å²) < 4.78 is 0. The van der Waals surface area contributed by atoms with Gasteiger partial charge in [0.25, 0.3) is 0 Å². The fourth-order valence-corrected chi connectivity index (χ4v) is 2.56. The Labute approximate surface area is 117 Å². The first-order valence-electron chi connectivity index (χ1n) is 8.56. The molecule has 2 unspecified atom stereocenters. The van der Waals surface area contributed by atoms with Crippen molar-refractivity contribution < 1.29 is 0 Å². The van der Waals surface area contributed by atoms with Crippen LogP contribution in [0, 0.1) is 17.8 Å². The van der Waals surface area contributed by atoms with Crippen molar-refractivity contribution in [1.29, 1.82) is 0 Å². The molecule has 0 fully saturated rings. The summed E-state index contributed by atoms with van der Waals surface area (Å²) in [7, 11) is 0. The Morgan fingerprint density at radius 2 is 1.06 bits per heavy atom. The van der Waals surface area contributed by atoms with Crippen LogP contribution >= 0.6 is 0 Å². The topological polar surface area (TPSA) is 0 Å². The zero-order valence-corrected chi connectivity index (χ0v) is 13.8. The first-order valence-corrected chi connectivity index (χ1v) is 8.56. The lowest BCUT2D eigenvalue weighted by Crippen LogP contribution is -1.97. The minimum absolute atomic E-state index is 0.887. The van der Waals surface area contributed by atoms with E-state index in [1.807, 2.05) is 0 Å². The summed E-state index contributed by atoms with van der Waals surface area (Å²) in [4.78, 5) is 0. The second-order valence-corrected chi connectivity index (χ2v) is 6.93. The molecule has 0 aliphatic carbocycles. The van der Waals surface area contributed by atoms with E-state index in [-0.39, 0.29) is 0 Å². The van der Waals surface area contributed by atoms with Gasteiger partial charge in [-0.2, -0.15) is 0 Å². The highest BCUT2D eigenvalue weighted by molar-refractivity contribution is 4.57. The van der Waals surface area contributed by atoms with Gasteiger partial charge < -0.3 is 0 Å². The average molecular weight is 255 g/mol. The van der Waals surface area contributed by atoms with Gasteiger partial charge in [0.05, 0.1) is 0 Å². The highest BCUT2D eigenvalue weighted by atomic mass is 14.1. The molecular formula is C18H38. The van der Waals surface area contributed by atoms with E-state index in [9.17, 15) is 0 Å². The van der Waals surface area contributed by atoms with Crippen LogP contribution in [0.25, 0.3) is 0 Å². The molecule has 2 atom stereocenters. The maximum absolute atomic E-state index is 2.44. The fraction of sp³-hybridized carbons (Fsp3) is 1.00. The van der Waals surface area contributed by atoms with Gasteiger partial charge >= 0.3 is 0 Å². The molecule has 0 spiro atoms. The van der Waals surface area contributed by atoms with Crippen LogP contribution in [-0.4, -0.2) is 0 Å². The van der Waals surface area contributed by atoms with Gasteiger partial charge in [-0.1, -0.05) is 98.8 Å². The second kappa shape index (κ2) is 12.1. The van der Waals surface area contributed by atoms with E-state index in [2.05, 4.69) is 34.6 Å². The van der Waals surface area contributed by atoms with Crippen LogP contribution in [0.1, 0.15) is 98.8 Å². The predicted molar refractivity (Wildman–Crippen MR) is 85.0 cm³/mol. The predicted octanol–water partition coefficient (Wildman–Crippen LogP) is 6.84. The van der Waals surface area contributed by atoms with E-state index in [1.165, 1.54) is 64.2 Å². The van der Waals surface area contributed by atoms with Gasteiger partial charge in [0.15, 0.2) is 0 Å². The van der Waals surface area contributed by atoms with E-state index >= 15 is 0 Å². The molecule has 0 aromatic heterocycles. The minimum atomic E-state index is 0.887. The standard InChI is InChI=1S/C18H38/c1-6-17(4)13-9-7-8-10-14-18(5)15-11-12-16(2)3/h16-18H,6-15H2,1-5H3. The summed E-state index contributed by atoms with van der Waals surface area (Å²) in [6, 6.07) is 0. The molecule has 0 N–H and O–H groups in total. The van der Waals surface area contributed by atoms with Crippen molar-refractivity contribution in [3.8, 4) is 0 Å². The molecule has 0 aliphatic heterocycles. The lowest BCUT2D eigenvalue weighted by Gasteiger charge is -2.12. The molecule has 0 aliphatic rings. The van der Waals surface area contributed by atoms with Crippen molar-refractivity contribution in [1.82, 2.24) is 0 Å². The SMILES string of the molecule is CCC(C)CCCCCCC(C)CCCC(C)C. The van der Waals surface area contributed by atoms with Crippen molar-refractivity contribution in [2.24, 2.45) is 17.8 Å². The second-order valence-electron chi connectivity index (χ2n) is 6.93. The third kappa shape index (κ3) is 12.5. The van der Waals surface area contributed by atoms with Crippen molar-refractivity contribution in [3.05, 3.63) is 0 Å². The smallest absolute Gasteiger partial charge is 0.0443 e. The van der Waals surface area contributed by atoms with Gasteiger partial charge in [0, 0.05) is 0 Å². The van der Waals surface area contributed by atoms with Crippen molar-refractivity contribution >= 4 is 0 Å². The monoisotopic (exact) mass is 254 g/mol. The third-order valence-corrected chi connectivity index (χ3v) is 4.32. The molecule has 18 heavy (non-hydrogen) atoms. The van der Waals surface area contributed by atoms with Gasteiger partial charge in [-0.3, -0.25) is 0 Å². The van der Waals surface area contributed by atoms with E-state index in [0.29, 0.717) is 0 Å². The molecule has 0 aromatic carbocycles. The third-order valence-electron chi connectivity index (χ3n) is 4.32. The maximum Gasteiger partial charge on any atom is -0.0443 e. The summed E-state index contributed by atoms with van der Waals surface area (Å²) in [5.41, 5.74) is 0. The largest absolute Gasteiger partial charge is 0.0651 e. The van der Waals surface area contributed by atoms with Crippen LogP contribution in [0.5, 0.6) is 0 Å². The molecular weight excluding hydrogens is 216 g/mol. The van der Waals surface area contributed by atoms with Gasteiger partial charge in [0.2, 0.25) is 0 Å². The van der Waals surface area contributed by atoms with Gasteiger partial charge in [-0.25, -0.2) is 0 Å². The normalized spacial score (nSPS) is 15.0. The average Bonchev–Trinajstić information content (AvgIpc) is 2.32. The van der Waals surface area contributed by atoms with Gasteiger partial charge in [-0.15, -0.1) is 0 Å². The van der Waals surface area contributed by atoms with Crippen molar-refractivity contribution in [2.45, 2.75) is 98.8 Å². The molecule has 0 heterocycles. The number of unbranched alkanes of at least 4 members (excludes halogenated alkanes) is 3. The molecule has 0 saturated heterocycles. The Kier molecular flexibility index (Phi) is 12.1. The molecule has 0 rings (SSSR count). The Morgan fingerprint density at radius 1 is 0.556 bits per heavy atom. The molecule has 0 nitrogen and oxygen atoms in total. The van der Waals surface area contributed by atoms with E-state index in [4.69, 9.17) is 0 Å². The van der Waals surface area contributed by atoms with E-state index in [1.54, 1.807) is 0 Å². The van der Waals surface area contributed by atoms with Crippen LogP contribution in [0.2, 0.25) is 0 Å². The lowest BCUT2D eigenvalue weighted by atomic mass is 9.94. The molecule has 0 aromatic rings. The van der Waals surface area contributed by atoms with Gasteiger partial charge in [0.1, 0.15) is 0 Å². The number of hydrogen-bond acceptors (Lipinski definition) is 0.